The molecule has 0 unspecified atom stereocenters. The largest absolute Gasteiger partial charge is 0.491 e. The first kappa shape index (κ1) is 21.9. The molecule has 0 radical (unpaired) electrons. The number of rotatable bonds is 8. The van der Waals surface area contributed by atoms with Crippen LogP contribution in [0.2, 0.25) is 0 Å². The number of furan rings is 1. The van der Waals surface area contributed by atoms with Gasteiger partial charge in [-0.15, -0.1) is 0 Å². The standard InChI is InChI=1S/C25H26N2O4/c1-17-10-12-20(13-11-17)31-16-19(3)26-25(29)23(15-21-8-6-14-30-21)27-24(28)22-9-5-4-7-18(22)2/h4-15,19H,16H2,1-3H3,(H,26,29)(H,27,28)/b23-15-/t19-/m0/s1. The first-order valence-electron chi connectivity index (χ1n) is 10.0. The predicted molar refractivity (Wildman–Crippen MR) is 120 cm³/mol. The first-order chi connectivity index (χ1) is 14.9. The number of nitrogens with one attached hydrogen (secondary N) is 2. The summed E-state index contributed by atoms with van der Waals surface area (Å²) in [4.78, 5) is 25.6. The van der Waals surface area contributed by atoms with E-state index in [4.69, 9.17) is 9.15 Å². The highest BCUT2D eigenvalue weighted by Crippen LogP contribution is 2.13. The highest BCUT2D eigenvalue weighted by atomic mass is 16.5. The fraction of sp³-hybridized carbons (Fsp3) is 0.200. The molecule has 0 bridgehead atoms. The van der Waals surface area contributed by atoms with E-state index < -0.39 is 5.91 Å². The second-order valence-corrected chi connectivity index (χ2v) is 7.34. The van der Waals surface area contributed by atoms with Crippen molar-refractivity contribution in [2.24, 2.45) is 0 Å². The zero-order valence-electron chi connectivity index (χ0n) is 17.8. The molecule has 31 heavy (non-hydrogen) atoms. The summed E-state index contributed by atoms with van der Waals surface area (Å²) in [5, 5.41) is 5.56. The van der Waals surface area contributed by atoms with Crippen molar-refractivity contribution >= 4 is 17.9 Å². The molecule has 0 saturated carbocycles. The Labute approximate surface area is 181 Å². The van der Waals surface area contributed by atoms with Gasteiger partial charge in [0.05, 0.1) is 12.3 Å². The van der Waals surface area contributed by atoms with Gasteiger partial charge in [0.2, 0.25) is 0 Å². The van der Waals surface area contributed by atoms with Gasteiger partial charge < -0.3 is 19.8 Å². The second-order valence-electron chi connectivity index (χ2n) is 7.34. The molecule has 6 heteroatoms. The van der Waals surface area contributed by atoms with E-state index in [-0.39, 0.29) is 24.3 Å². The van der Waals surface area contributed by atoms with E-state index in [1.807, 2.05) is 57.2 Å². The number of hydrogen-bond acceptors (Lipinski definition) is 4. The lowest BCUT2D eigenvalue weighted by Crippen LogP contribution is -2.41. The van der Waals surface area contributed by atoms with E-state index in [9.17, 15) is 9.59 Å². The minimum absolute atomic E-state index is 0.0883. The second kappa shape index (κ2) is 10.3. The summed E-state index contributed by atoms with van der Waals surface area (Å²) >= 11 is 0. The monoisotopic (exact) mass is 418 g/mol. The molecular weight excluding hydrogens is 392 g/mol. The summed E-state index contributed by atoms with van der Waals surface area (Å²) in [6.45, 7) is 5.97. The summed E-state index contributed by atoms with van der Waals surface area (Å²) in [6, 6.07) is 18.0. The van der Waals surface area contributed by atoms with E-state index in [1.54, 1.807) is 24.3 Å². The molecular formula is C25H26N2O4. The smallest absolute Gasteiger partial charge is 0.268 e. The summed E-state index contributed by atoms with van der Waals surface area (Å²) in [6.07, 6.45) is 3.00. The van der Waals surface area contributed by atoms with Crippen molar-refractivity contribution in [3.05, 3.63) is 95.1 Å². The molecule has 3 aromatic rings. The van der Waals surface area contributed by atoms with Crippen molar-refractivity contribution in [1.29, 1.82) is 0 Å². The van der Waals surface area contributed by atoms with Crippen LogP contribution < -0.4 is 15.4 Å². The third kappa shape index (κ3) is 6.34. The molecule has 2 aromatic carbocycles. The first-order valence-corrected chi connectivity index (χ1v) is 10.0. The van der Waals surface area contributed by atoms with Crippen molar-refractivity contribution in [3.8, 4) is 5.75 Å². The van der Waals surface area contributed by atoms with Crippen molar-refractivity contribution in [1.82, 2.24) is 10.6 Å². The van der Waals surface area contributed by atoms with Gasteiger partial charge in [-0.1, -0.05) is 35.9 Å². The Morgan fingerprint density at radius 2 is 1.77 bits per heavy atom. The number of carbonyl (C=O) groups is 2. The Balaban J connectivity index is 1.68. The third-order valence-electron chi connectivity index (χ3n) is 4.61. The number of amides is 2. The van der Waals surface area contributed by atoms with Gasteiger partial charge in [-0.05, 0) is 56.7 Å². The molecule has 160 valence electrons. The van der Waals surface area contributed by atoms with Crippen LogP contribution in [0.15, 0.2) is 77.0 Å². The van der Waals surface area contributed by atoms with Crippen molar-refractivity contribution in [3.63, 3.8) is 0 Å². The van der Waals surface area contributed by atoms with Gasteiger partial charge in [0.1, 0.15) is 23.8 Å². The fourth-order valence-corrected chi connectivity index (χ4v) is 2.89. The van der Waals surface area contributed by atoms with Crippen LogP contribution in [0.25, 0.3) is 6.08 Å². The quantitative estimate of drug-likeness (QED) is 0.536. The van der Waals surface area contributed by atoms with Gasteiger partial charge in [-0.3, -0.25) is 9.59 Å². The molecule has 0 spiro atoms. The Kier molecular flexibility index (Phi) is 7.27. The number of carbonyl (C=O) groups excluding carboxylic acids is 2. The maximum Gasteiger partial charge on any atom is 0.268 e. The van der Waals surface area contributed by atoms with Crippen molar-refractivity contribution in [2.45, 2.75) is 26.8 Å². The van der Waals surface area contributed by atoms with Crippen LogP contribution in [-0.4, -0.2) is 24.5 Å². The number of hydrogen-bond donors (Lipinski definition) is 2. The summed E-state index contributed by atoms with van der Waals surface area (Å²) in [5.74, 6) is 0.387. The fourth-order valence-electron chi connectivity index (χ4n) is 2.89. The Bertz CT molecular complexity index is 1050. The zero-order valence-corrected chi connectivity index (χ0v) is 17.8. The van der Waals surface area contributed by atoms with Gasteiger partial charge in [-0.25, -0.2) is 0 Å². The molecule has 1 aromatic heterocycles. The van der Waals surface area contributed by atoms with Crippen molar-refractivity contribution in [2.75, 3.05) is 6.61 Å². The van der Waals surface area contributed by atoms with Crippen LogP contribution in [-0.2, 0) is 4.79 Å². The molecule has 0 aliphatic heterocycles. The lowest BCUT2D eigenvalue weighted by Gasteiger charge is -2.17. The lowest BCUT2D eigenvalue weighted by atomic mass is 10.1. The molecule has 2 N–H and O–H groups in total. The maximum absolute atomic E-state index is 12.9. The third-order valence-corrected chi connectivity index (χ3v) is 4.61. The number of benzene rings is 2. The Hall–Kier alpha value is -3.80. The number of aryl methyl sites for hydroxylation is 2. The summed E-state index contributed by atoms with van der Waals surface area (Å²) < 4.78 is 11.0. The molecule has 1 heterocycles. The molecule has 6 nitrogen and oxygen atoms in total. The van der Waals surface area contributed by atoms with E-state index in [2.05, 4.69) is 10.6 Å². The van der Waals surface area contributed by atoms with E-state index in [1.165, 1.54) is 12.3 Å². The zero-order chi connectivity index (χ0) is 22.2. The minimum atomic E-state index is -0.432. The predicted octanol–water partition coefficient (Wildman–Crippen LogP) is 4.25. The lowest BCUT2D eigenvalue weighted by molar-refractivity contribution is -0.118. The molecule has 2 amide bonds. The van der Waals surface area contributed by atoms with Crippen LogP contribution in [0.3, 0.4) is 0 Å². The van der Waals surface area contributed by atoms with Crippen molar-refractivity contribution < 1.29 is 18.7 Å². The van der Waals surface area contributed by atoms with Crippen LogP contribution in [0.5, 0.6) is 5.75 Å². The van der Waals surface area contributed by atoms with E-state index in [0.717, 1.165) is 16.9 Å². The van der Waals surface area contributed by atoms with Gasteiger partial charge in [0, 0.05) is 11.6 Å². The van der Waals surface area contributed by atoms with Gasteiger partial charge >= 0.3 is 0 Å². The van der Waals surface area contributed by atoms with Gasteiger partial charge in [-0.2, -0.15) is 0 Å². The normalized spacial score (nSPS) is 12.2. The SMILES string of the molecule is Cc1ccc(OC[C@H](C)NC(=O)/C(=C/c2ccco2)NC(=O)c2ccccc2C)cc1. The van der Waals surface area contributed by atoms with Crippen LogP contribution in [0.1, 0.15) is 34.2 Å². The average molecular weight is 418 g/mol. The molecule has 0 saturated heterocycles. The topological polar surface area (TPSA) is 80.6 Å². The molecule has 0 fully saturated rings. The van der Waals surface area contributed by atoms with Crippen LogP contribution >= 0.6 is 0 Å². The summed E-state index contributed by atoms with van der Waals surface area (Å²) in [7, 11) is 0. The molecule has 1 atom stereocenters. The van der Waals surface area contributed by atoms with E-state index >= 15 is 0 Å². The highest BCUT2D eigenvalue weighted by Gasteiger charge is 2.18. The molecule has 0 aliphatic rings. The summed E-state index contributed by atoms with van der Waals surface area (Å²) in [5.41, 5.74) is 2.55. The average Bonchev–Trinajstić information content (AvgIpc) is 3.26. The molecule has 3 rings (SSSR count). The Morgan fingerprint density at radius 1 is 1.03 bits per heavy atom. The molecule has 0 aliphatic carbocycles. The number of ether oxygens (including phenoxy) is 1. The van der Waals surface area contributed by atoms with Crippen LogP contribution in [0.4, 0.5) is 0 Å². The van der Waals surface area contributed by atoms with Gasteiger partial charge in [0.15, 0.2) is 0 Å². The highest BCUT2D eigenvalue weighted by molar-refractivity contribution is 6.05. The van der Waals surface area contributed by atoms with Crippen LogP contribution in [0, 0.1) is 13.8 Å². The van der Waals surface area contributed by atoms with Gasteiger partial charge in [0.25, 0.3) is 11.8 Å². The van der Waals surface area contributed by atoms with E-state index in [0.29, 0.717) is 11.3 Å². The minimum Gasteiger partial charge on any atom is -0.491 e. The Morgan fingerprint density at radius 3 is 2.45 bits per heavy atom. The maximum atomic E-state index is 12.9.